The number of nitrogens with zero attached hydrogens (tertiary/aromatic N) is 3. The first-order chi connectivity index (χ1) is 25.8. The van der Waals surface area contributed by atoms with Gasteiger partial charge in [0.15, 0.2) is 0 Å². The van der Waals surface area contributed by atoms with Crippen LogP contribution in [0.4, 0.5) is 0 Å². The predicted molar refractivity (Wildman–Crippen MR) is 216 cm³/mol. The van der Waals surface area contributed by atoms with Crippen molar-refractivity contribution in [3.63, 3.8) is 0 Å². The SMILES string of the molecule is c1ccc(-c2nc(-c3cc4ccccc4c4c3ccc3c5cccc(-c6ccccc6)c5[se]c34)nc(-c3cccc4oc5ccccc5c34)n2)cc1. The third-order valence-electron chi connectivity index (χ3n) is 10.1. The van der Waals surface area contributed by atoms with E-state index in [-0.39, 0.29) is 14.5 Å². The van der Waals surface area contributed by atoms with E-state index in [0.717, 1.165) is 44.0 Å². The summed E-state index contributed by atoms with van der Waals surface area (Å²) in [7, 11) is 0. The van der Waals surface area contributed by atoms with Gasteiger partial charge in [0, 0.05) is 0 Å². The van der Waals surface area contributed by atoms with Crippen LogP contribution in [0.1, 0.15) is 0 Å². The molecule has 0 bridgehead atoms. The zero-order valence-electron chi connectivity index (χ0n) is 27.7. The van der Waals surface area contributed by atoms with Crippen LogP contribution in [-0.2, 0) is 0 Å². The summed E-state index contributed by atoms with van der Waals surface area (Å²) in [6.45, 7) is 0. The van der Waals surface area contributed by atoms with Crippen LogP contribution in [-0.4, -0.2) is 29.5 Å². The summed E-state index contributed by atoms with van der Waals surface area (Å²) in [6.07, 6.45) is 0. The van der Waals surface area contributed by atoms with E-state index in [1.165, 1.54) is 46.6 Å². The number of furan rings is 1. The quantitative estimate of drug-likeness (QED) is 0.134. The van der Waals surface area contributed by atoms with Gasteiger partial charge in [-0.2, -0.15) is 0 Å². The third-order valence-corrected chi connectivity index (χ3v) is 12.8. The third kappa shape index (κ3) is 4.50. The second-order valence-electron chi connectivity index (χ2n) is 13.1. The molecule has 0 aliphatic carbocycles. The first-order valence-corrected chi connectivity index (χ1v) is 19.1. The summed E-state index contributed by atoms with van der Waals surface area (Å²) >= 11 is 0.0927. The van der Waals surface area contributed by atoms with Gasteiger partial charge in [0.2, 0.25) is 0 Å². The van der Waals surface area contributed by atoms with Gasteiger partial charge in [-0.05, 0) is 0 Å². The van der Waals surface area contributed by atoms with Gasteiger partial charge >= 0.3 is 300 Å². The number of para-hydroxylation sites is 1. The molecule has 3 heterocycles. The van der Waals surface area contributed by atoms with E-state index in [1.54, 1.807) is 0 Å². The van der Waals surface area contributed by atoms with Crippen molar-refractivity contribution in [1.82, 2.24) is 15.0 Å². The number of benzene rings is 8. The molecule has 0 saturated carbocycles. The molecule has 52 heavy (non-hydrogen) atoms. The van der Waals surface area contributed by atoms with E-state index >= 15 is 0 Å². The van der Waals surface area contributed by atoms with Crippen molar-refractivity contribution < 1.29 is 4.42 Å². The van der Waals surface area contributed by atoms with Crippen LogP contribution >= 0.6 is 0 Å². The summed E-state index contributed by atoms with van der Waals surface area (Å²) < 4.78 is 9.13. The Morgan fingerprint density at radius 3 is 1.81 bits per heavy atom. The molecule has 0 aliphatic heterocycles. The van der Waals surface area contributed by atoms with E-state index < -0.39 is 0 Å². The molecule has 5 heteroatoms. The molecule has 11 rings (SSSR count). The Hall–Kier alpha value is -6.39. The molecule has 0 saturated heterocycles. The monoisotopic (exact) mass is 729 g/mol. The second kappa shape index (κ2) is 11.6. The Balaban J connectivity index is 1.23. The summed E-state index contributed by atoms with van der Waals surface area (Å²) in [5, 5.41) is 9.55. The second-order valence-corrected chi connectivity index (χ2v) is 15.3. The van der Waals surface area contributed by atoms with E-state index in [0.29, 0.717) is 17.5 Å². The van der Waals surface area contributed by atoms with Crippen molar-refractivity contribution in [2.75, 3.05) is 0 Å². The van der Waals surface area contributed by atoms with E-state index in [9.17, 15) is 0 Å². The van der Waals surface area contributed by atoms with Crippen LogP contribution < -0.4 is 0 Å². The number of fused-ring (bicyclic) bond motifs is 10. The van der Waals surface area contributed by atoms with Gasteiger partial charge in [0.05, 0.1) is 0 Å². The van der Waals surface area contributed by atoms with Crippen molar-refractivity contribution in [3.05, 3.63) is 164 Å². The molecule has 0 unspecified atom stereocenters. The maximum atomic E-state index is 6.29. The van der Waals surface area contributed by atoms with E-state index in [4.69, 9.17) is 19.4 Å². The number of aromatic nitrogens is 3. The molecule has 0 aliphatic rings. The first-order valence-electron chi connectivity index (χ1n) is 17.4. The molecule has 0 atom stereocenters. The Labute approximate surface area is 304 Å². The van der Waals surface area contributed by atoms with Crippen LogP contribution in [0.2, 0.25) is 0 Å². The molecule has 11 aromatic rings. The average molecular weight is 729 g/mol. The van der Waals surface area contributed by atoms with Crippen molar-refractivity contribution in [2.24, 2.45) is 0 Å². The van der Waals surface area contributed by atoms with Crippen LogP contribution in [0.5, 0.6) is 0 Å². The zero-order chi connectivity index (χ0) is 34.2. The predicted octanol–water partition coefficient (Wildman–Crippen LogP) is 12.1. The fourth-order valence-electron chi connectivity index (χ4n) is 7.76. The van der Waals surface area contributed by atoms with Crippen LogP contribution in [0.15, 0.2) is 168 Å². The molecule has 0 spiro atoms. The molecule has 0 amide bonds. The molecular weight excluding hydrogens is 701 g/mol. The van der Waals surface area contributed by atoms with Crippen LogP contribution in [0.3, 0.4) is 0 Å². The van der Waals surface area contributed by atoms with Crippen molar-refractivity contribution in [2.45, 2.75) is 0 Å². The van der Waals surface area contributed by atoms with Crippen LogP contribution in [0.25, 0.3) is 108 Å². The van der Waals surface area contributed by atoms with Gasteiger partial charge < -0.3 is 0 Å². The van der Waals surface area contributed by atoms with Crippen molar-refractivity contribution >= 4 is 77.3 Å². The Morgan fingerprint density at radius 2 is 0.962 bits per heavy atom. The van der Waals surface area contributed by atoms with Gasteiger partial charge in [-0.3, -0.25) is 0 Å². The maximum absolute atomic E-state index is 6.29. The topological polar surface area (TPSA) is 51.8 Å². The summed E-state index contributed by atoms with van der Waals surface area (Å²) in [4.78, 5) is 15.7. The number of hydrogen-bond donors (Lipinski definition) is 0. The normalized spacial score (nSPS) is 11.8. The zero-order valence-corrected chi connectivity index (χ0v) is 29.5. The van der Waals surface area contributed by atoms with Crippen molar-refractivity contribution in [1.29, 1.82) is 0 Å². The van der Waals surface area contributed by atoms with Gasteiger partial charge in [0.1, 0.15) is 0 Å². The fraction of sp³-hybridized carbons (Fsp3) is 0. The van der Waals surface area contributed by atoms with E-state index in [1.807, 2.05) is 48.5 Å². The Kier molecular flexibility index (Phi) is 6.53. The van der Waals surface area contributed by atoms with Gasteiger partial charge in [0.25, 0.3) is 0 Å². The Bertz CT molecular complexity index is 3180. The van der Waals surface area contributed by atoms with Gasteiger partial charge in [-0.1, -0.05) is 6.07 Å². The molecule has 242 valence electrons. The molecule has 3 aromatic heterocycles. The fourth-order valence-corrected chi connectivity index (χ4v) is 10.7. The molecule has 0 radical (unpaired) electrons. The Morgan fingerprint density at radius 1 is 0.365 bits per heavy atom. The molecule has 8 aromatic carbocycles. The summed E-state index contributed by atoms with van der Waals surface area (Å²) in [6, 6.07) is 57.6. The van der Waals surface area contributed by atoms with Gasteiger partial charge in [-0.15, -0.1) is 0 Å². The molecule has 0 N–H and O–H groups in total. The molecule has 0 fully saturated rings. The first kappa shape index (κ1) is 29.4. The van der Waals surface area contributed by atoms with Crippen molar-refractivity contribution in [3.8, 4) is 45.3 Å². The minimum absolute atomic E-state index is 0.0927. The number of hydrogen-bond acceptors (Lipinski definition) is 4. The summed E-state index contributed by atoms with van der Waals surface area (Å²) in [5.41, 5.74) is 7.09. The average Bonchev–Trinajstić information content (AvgIpc) is 3.80. The van der Waals surface area contributed by atoms with E-state index in [2.05, 4.69) is 115 Å². The number of rotatable bonds is 4. The standard InChI is InChI=1S/C47H27N3OSe/c1-3-13-28(14-4-1)32-20-11-21-34-35-26-25-33-38(27-30-17-7-8-18-31(30)42(33)44(35)52-43(32)34)47-49-45(29-15-5-2-6-16-29)48-46(50-47)37-22-12-24-40-41(37)36-19-9-10-23-39(36)51-40/h1-27H. The molecule has 4 nitrogen and oxygen atoms in total. The molecular formula is C47H27N3OSe. The summed E-state index contributed by atoms with van der Waals surface area (Å²) in [5.74, 6) is 1.90. The van der Waals surface area contributed by atoms with Crippen LogP contribution in [0, 0.1) is 0 Å². The minimum atomic E-state index is 0.0927. The van der Waals surface area contributed by atoms with Gasteiger partial charge in [-0.25, -0.2) is 0 Å².